The van der Waals surface area contributed by atoms with Crippen molar-refractivity contribution in [3.05, 3.63) is 23.4 Å². The first kappa shape index (κ1) is 11.9. The molecule has 1 spiro atoms. The lowest BCUT2D eigenvalue weighted by molar-refractivity contribution is -0.118. The smallest absolute Gasteiger partial charge is 0.229 e. The lowest BCUT2D eigenvalue weighted by Crippen LogP contribution is -2.31. The number of carbonyl (C=O) groups excluding carboxylic acids is 1. The molecule has 18 heavy (non-hydrogen) atoms. The zero-order valence-electron chi connectivity index (χ0n) is 10.1. The van der Waals surface area contributed by atoms with Crippen molar-refractivity contribution in [2.75, 3.05) is 18.4 Å². The van der Waals surface area contributed by atoms with E-state index >= 15 is 0 Å². The summed E-state index contributed by atoms with van der Waals surface area (Å²) in [5.74, 6) is 0.851. The highest BCUT2D eigenvalue weighted by Crippen LogP contribution is 2.58. The van der Waals surface area contributed by atoms with Crippen molar-refractivity contribution in [2.45, 2.75) is 19.3 Å². The molecule has 1 aliphatic carbocycles. The van der Waals surface area contributed by atoms with E-state index in [1.807, 2.05) is 0 Å². The van der Waals surface area contributed by atoms with Crippen molar-refractivity contribution in [1.29, 1.82) is 0 Å². The molecule has 1 atom stereocenters. The molecule has 1 unspecified atom stereocenters. The zero-order chi connectivity index (χ0) is 12.6. The maximum Gasteiger partial charge on any atom is 0.229 e. The second kappa shape index (κ2) is 4.52. The van der Waals surface area contributed by atoms with Gasteiger partial charge < -0.3 is 10.6 Å². The van der Waals surface area contributed by atoms with Crippen LogP contribution < -0.4 is 10.6 Å². The van der Waals surface area contributed by atoms with Crippen LogP contribution in [0, 0.1) is 11.3 Å². The van der Waals surface area contributed by atoms with E-state index in [9.17, 15) is 4.79 Å². The van der Waals surface area contributed by atoms with Gasteiger partial charge >= 0.3 is 0 Å². The van der Waals surface area contributed by atoms with Crippen LogP contribution in [0.2, 0.25) is 5.02 Å². The Hall–Kier alpha value is -1.13. The molecule has 0 bridgehead atoms. The SMILES string of the molecule is O=C(Nc1ccc(Cl)cn1)C1CC12CCNCC2. The highest BCUT2D eigenvalue weighted by molar-refractivity contribution is 6.30. The van der Waals surface area contributed by atoms with Crippen LogP contribution in [0.4, 0.5) is 5.82 Å². The second-order valence-corrected chi connectivity index (χ2v) is 5.66. The zero-order valence-corrected chi connectivity index (χ0v) is 10.8. The molecule has 1 saturated heterocycles. The summed E-state index contributed by atoms with van der Waals surface area (Å²) in [5, 5.41) is 6.79. The Morgan fingerprint density at radius 3 is 2.89 bits per heavy atom. The average Bonchev–Trinajstić information content (AvgIpc) is 3.07. The Labute approximate surface area is 111 Å². The van der Waals surface area contributed by atoms with E-state index in [1.54, 1.807) is 18.3 Å². The Morgan fingerprint density at radius 1 is 1.44 bits per heavy atom. The second-order valence-electron chi connectivity index (χ2n) is 5.22. The number of pyridine rings is 1. The third-order valence-corrected chi connectivity index (χ3v) is 4.31. The topological polar surface area (TPSA) is 54.0 Å². The summed E-state index contributed by atoms with van der Waals surface area (Å²) in [6.45, 7) is 2.06. The third kappa shape index (κ3) is 2.22. The molecule has 1 aromatic rings. The normalized spacial score (nSPS) is 24.8. The highest BCUT2D eigenvalue weighted by Gasteiger charge is 2.57. The molecule has 3 rings (SSSR count). The van der Waals surface area contributed by atoms with E-state index in [-0.39, 0.29) is 17.2 Å². The van der Waals surface area contributed by atoms with Crippen LogP contribution in [0.15, 0.2) is 18.3 Å². The van der Waals surface area contributed by atoms with E-state index in [1.165, 1.54) is 0 Å². The summed E-state index contributed by atoms with van der Waals surface area (Å²) in [7, 11) is 0. The van der Waals surface area contributed by atoms with Crippen LogP contribution in [0.3, 0.4) is 0 Å². The Morgan fingerprint density at radius 2 is 2.22 bits per heavy atom. The van der Waals surface area contributed by atoms with Gasteiger partial charge in [0.25, 0.3) is 0 Å². The van der Waals surface area contributed by atoms with Gasteiger partial charge in [-0.2, -0.15) is 0 Å². The number of halogens is 1. The lowest BCUT2D eigenvalue weighted by atomic mass is 9.92. The Balaban J connectivity index is 1.61. The minimum absolute atomic E-state index is 0.103. The quantitative estimate of drug-likeness (QED) is 0.861. The number of rotatable bonds is 2. The summed E-state index contributed by atoms with van der Waals surface area (Å²) < 4.78 is 0. The first-order chi connectivity index (χ1) is 8.70. The minimum Gasteiger partial charge on any atom is -0.317 e. The molecule has 2 N–H and O–H groups in total. The summed E-state index contributed by atoms with van der Waals surface area (Å²) >= 11 is 5.76. The molecule has 1 aliphatic heterocycles. The highest BCUT2D eigenvalue weighted by atomic mass is 35.5. The first-order valence-electron chi connectivity index (χ1n) is 6.33. The van der Waals surface area contributed by atoms with Crippen molar-refractivity contribution in [3.8, 4) is 0 Å². The van der Waals surface area contributed by atoms with Gasteiger partial charge in [-0.3, -0.25) is 4.79 Å². The van der Waals surface area contributed by atoms with Gasteiger partial charge in [-0.25, -0.2) is 4.98 Å². The fourth-order valence-corrected chi connectivity index (χ4v) is 2.97. The largest absolute Gasteiger partial charge is 0.317 e. The molecular formula is C13H16ClN3O. The van der Waals surface area contributed by atoms with E-state index in [0.717, 1.165) is 32.4 Å². The first-order valence-corrected chi connectivity index (χ1v) is 6.71. The van der Waals surface area contributed by atoms with E-state index < -0.39 is 0 Å². The van der Waals surface area contributed by atoms with Crippen LogP contribution in [-0.2, 0) is 4.79 Å². The van der Waals surface area contributed by atoms with Gasteiger partial charge in [0.05, 0.1) is 5.02 Å². The van der Waals surface area contributed by atoms with Gasteiger partial charge in [0.1, 0.15) is 5.82 Å². The number of nitrogens with zero attached hydrogens (tertiary/aromatic N) is 1. The molecule has 96 valence electrons. The molecule has 2 aliphatic rings. The molecule has 5 heteroatoms. The number of hydrogen-bond donors (Lipinski definition) is 2. The van der Waals surface area contributed by atoms with Crippen molar-refractivity contribution in [1.82, 2.24) is 10.3 Å². The van der Waals surface area contributed by atoms with Crippen LogP contribution in [-0.4, -0.2) is 24.0 Å². The average molecular weight is 266 g/mol. The van der Waals surface area contributed by atoms with Gasteiger partial charge in [0.15, 0.2) is 0 Å². The molecule has 0 radical (unpaired) electrons. The number of anilines is 1. The molecule has 4 nitrogen and oxygen atoms in total. The van der Waals surface area contributed by atoms with Gasteiger partial charge in [-0.05, 0) is 49.9 Å². The molecule has 1 aromatic heterocycles. The fourth-order valence-electron chi connectivity index (χ4n) is 2.86. The van der Waals surface area contributed by atoms with Crippen molar-refractivity contribution in [3.63, 3.8) is 0 Å². The summed E-state index contributed by atoms with van der Waals surface area (Å²) in [5.41, 5.74) is 0.266. The maximum absolute atomic E-state index is 12.1. The Bertz CT molecular complexity index is 454. The molecular weight excluding hydrogens is 250 g/mol. The number of aromatic nitrogens is 1. The van der Waals surface area contributed by atoms with E-state index in [2.05, 4.69) is 15.6 Å². The maximum atomic E-state index is 12.1. The minimum atomic E-state index is 0.103. The van der Waals surface area contributed by atoms with Crippen LogP contribution in [0.25, 0.3) is 0 Å². The predicted octanol–water partition coefficient (Wildman–Crippen LogP) is 2.06. The molecule has 1 saturated carbocycles. The van der Waals surface area contributed by atoms with E-state index in [0.29, 0.717) is 10.8 Å². The molecule has 1 amide bonds. The number of carbonyl (C=O) groups is 1. The van der Waals surface area contributed by atoms with Crippen LogP contribution in [0.5, 0.6) is 0 Å². The summed E-state index contributed by atoms with van der Waals surface area (Å²) in [6.07, 6.45) is 4.79. The van der Waals surface area contributed by atoms with Gasteiger partial charge in [-0.15, -0.1) is 0 Å². The third-order valence-electron chi connectivity index (χ3n) is 4.08. The predicted molar refractivity (Wildman–Crippen MR) is 70.5 cm³/mol. The van der Waals surface area contributed by atoms with Crippen LogP contribution in [0.1, 0.15) is 19.3 Å². The standard InChI is InChI=1S/C13H16ClN3O/c14-9-1-2-11(16-8-9)17-12(18)10-7-13(10)3-5-15-6-4-13/h1-2,8,10,15H,3-7H2,(H,16,17,18). The van der Waals surface area contributed by atoms with Gasteiger partial charge in [0, 0.05) is 12.1 Å². The fraction of sp³-hybridized carbons (Fsp3) is 0.538. The lowest BCUT2D eigenvalue weighted by Gasteiger charge is -2.23. The van der Waals surface area contributed by atoms with Crippen molar-refractivity contribution >= 4 is 23.3 Å². The number of piperidine rings is 1. The van der Waals surface area contributed by atoms with Gasteiger partial charge in [-0.1, -0.05) is 11.6 Å². The number of hydrogen-bond acceptors (Lipinski definition) is 3. The summed E-state index contributed by atoms with van der Waals surface area (Å²) in [4.78, 5) is 16.2. The molecule has 2 fully saturated rings. The van der Waals surface area contributed by atoms with Crippen LogP contribution >= 0.6 is 11.6 Å². The van der Waals surface area contributed by atoms with E-state index in [4.69, 9.17) is 11.6 Å². The molecule has 2 heterocycles. The summed E-state index contributed by atoms with van der Waals surface area (Å²) in [6, 6.07) is 3.47. The van der Waals surface area contributed by atoms with Crippen molar-refractivity contribution in [2.24, 2.45) is 11.3 Å². The number of nitrogens with one attached hydrogen (secondary N) is 2. The number of amides is 1. The van der Waals surface area contributed by atoms with Gasteiger partial charge in [0.2, 0.25) is 5.91 Å². The Kier molecular flexibility index (Phi) is 2.99. The monoisotopic (exact) mass is 265 g/mol. The van der Waals surface area contributed by atoms with Crippen molar-refractivity contribution < 1.29 is 4.79 Å². The molecule has 0 aromatic carbocycles.